The second-order valence-electron chi connectivity index (χ2n) is 3.51. The zero-order chi connectivity index (χ0) is 12.0. The molecule has 1 atom stereocenters. The van der Waals surface area contributed by atoms with Crippen molar-refractivity contribution in [3.63, 3.8) is 0 Å². The summed E-state index contributed by atoms with van der Waals surface area (Å²) in [5.41, 5.74) is 0.960. The average molecular weight is 219 g/mol. The van der Waals surface area contributed by atoms with E-state index in [1.54, 1.807) is 18.0 Å². The highest BCUT2D eigenvalue weighted by Gasteiger charge is 2.18. The molecular weight excluding hydrogens is 202 g/mol. The molecule has 0 aliphatic carbocycles. The largest absolute Gasteiger partial charge is 0.350 e. The van der Waals surface area contributed by atoms with Crippen LogP contribution < -0.4 is 0 Å². The zero-order valence-electron chi connectivity index (χ0n) is 9.72. The van der Waals surface area contributed by atoms with Crippen LogP contribution in [0.4, 0.5) is 0 Å². The lowest BCUT2D eigenvalue weighted by molar-refractivity contribution is -0.140. The van der Waals surface area contributed by atoms with Gasteiger partial charge in [0.15, 0.2) is 6.23 Å². The quantitative estimate of drug-likeness (QED) is 0.562. The number of carbonyl (C=O) groups excluding carboxylic acids is 1. The molecule has 86 valence electrons. The fourth-order valence-electron chi connectivity index (χ4n) is 1.37. The molecule has 1 unspecified atom stereocenters. The van der Waals surface area contributed by atoms with E-state index in [9.17, 15) is 4.79 Å². The molecule has 0 fully saturated rings. The SMILES string of the molecule is C=CCOC(c1ccccc1)N(C)C(C)=O. The molecule has 0 heterocycles. The molecule has 0 spiro atoms. The van der Waals surface area contributed by atoms with Crippen molar-refractivity contribution in [1.29, 1.82) is 0 Å². The van der Waals surface area contributed by atoms with Crippen molar-refractivity contribution in [3.8, 4) is 0 Å². The van der Waals surface area contributed by atoms with Crippen LogP contribution in [0.2, 0.25) is 0 Å². The number of hydrogen-bond acceptors (Lipinski definition) is 2. The van der Waals surface area contributed by atoms with Crippen molar-refractivity contribution in [2.75, 3.05) is 13.7 Å². The van der Waals surface area contributed by atoms with E-state index in [0.29, 0.717) is 6.61 Å². The van der Waals surface area contributed by atoms with Crippen LogP contribution in [0.15, 0.2) is 43.0 Å². The number of rotatable bonds is 5. The van der Waals surface area contributed by atoms with Crippen molar-refractivity contribution in [2.45, 2.75) is 13.2 Å². The van der Waals surface area contributed by atoms with E-state index in [-0.39, 0.29) is 12.1 Å². The van der Waals surface area contributed by atoms with Crippen LogP contribution >= 0.6 is 0 Å². The summed E-state index contributed by atoms with van der Waals surface area (Å²) in [5.74, 6) is -0.0297. The molecular formula is C13H17NO2. The van der Waals surface area contributed by atoms with Crippen LogP contribution in [0.5, 0.6) is 0 Å². The molecule has 1 aromatic rings. The topological polar surface area (TPSA) is 29.5 Å². The van der Waals surface area contributed by atoms with E-state index in [2.05, 4.69) is 6.58 Å². The maximum atomic E-state index is 11.3. The third-order valence-corrected chi connectivity index (χ3v) is 2.31. The van der Waals surface area contributed by atoms with Gasteiger partial charge in [-0.3, -0.25) is 4.79 Å². The molecule has 1 aromatic carbocycles. The normalized spacial score (nSPS) is 11.9. The van der Waals surface area contributed by atoms with Crippen molar-refractivity contribution in [1.82, 2.24) is 4.90 Å². The highest BCUT2D eigenvalue weighted by molar-refractivity contribution is 5.73. The summed E-state index contributed by atoms with van der Waals surface area (Å²) in [6.45, 7) is 5.54. The van der Waals surface area contributed by atoms with E-state index in [4.69, 9.17) is 4.74 Å². The van der Waals surface area contributed by atoms with Gasteiger partial charge in [-0.2, -0.15) is 0 Å². The molecule has 0 aromatic heterocycles. The first-order valence-corrected chi connectivity index (χ1v) is 5.17. The van der Waals surface area contributed by atoms with E-state index < -0.39 is 0 Å². The fourth-order valence-corrected chi connectivity index (χ4v) is 1.37. The maximum Gasteiger partial charge on any atom is 0.221 e. The van der Waals surface area contributed by atoms with Gasteiger partial charge in [0.1, 0.15) is 0 Å². The van der Waals surface area contributed by atoms with Gasteiger partial charge in [-0.05, 0) is 0 Å². The summed E-state index contributed by atoms with van der Waals surface area (Å²) in [4.78, 5) is 12.9. The molecule has 0 N–H and O–H groups in total. The summed E-state index contributed by atoms with van der Waals surface area (Å²) < 4.78 is 5.59. The lowest BCUT2D eigenvalue weighted by atomic mass is 10.2. The Bertz CT molecular complexity index is 348. The standard InChI is InChI=1S/C13H17NO2/c1-4-10-16-13(14(3)11(2)15)12-8-6-5-7-9-12/h4-9,13H,1,10H2,2-3H3. The lowest BCUT2D eigenvalue weighted by Crippen LogP contribution is -2.31. The summed E-state index contributed by atoms with van der Waals surface area (Å²) in [6.07, 6.45) is 1.32. The molecule has 0 aliphatic heterocycles. The molecule has 1 rings (SSSR count). The Kier molecular flexibility index (Phi) is 4.73. The molecule has 0 bridgehead atoms. The molecule has 0 saturated heterocycles. The zero-order valence-corrected chi connectivity index (χ0v) is 9.72. The Morgan fingerprint density at radius 2 is 2.12 bits per heavy atom. The molecule has 0 radical (unpaired) electrons. The van der Waals surface area contributed by atoms with Gasteiger partial charge in [0.2, 0.25) is 5.91 Å². The Balaban J connectivity index is 2.86. The average Bonchev–Trinajstić information content (AvgIpc) is 2.30. The summed E-state index contributed by atoms with van der Waals surface area (Å²) >= 11 is 0. The molecule has 1 amide bonds. The molecule has 3 nitrogen and oxygen atoms in total. The number of benzene rings is 1. The van der Waals surface area contributed by atoms with Crippen molar-refractivity contribution in [2.24, 2.45) is 0 Å². The minimum Gasteiger partial charge on any atom is -0.350 e. The number of nitrogens with zero attached hydrogens (tertiary/aromatic N) is 1. The monoisotopic (exact) mass is 219 g/mol. The van der Waals surface area contributed by atoms with E-state index in [1.807, 2.05) is 30.3 Å². The minimum atomic E-state index is -0.350. The molecule has 0 saturated carbocycles. The van der Waals surface area contributed by atoms with Crippen LogP contribution in [0.3, 0.4) is 0 Å². The molecule has 16 heavy (non-hydrogen) atoms. The van der Waals surface area contributed by atoms with Gasteiger partial charge < -0.3 is 9.64 Å². The Morgan fingerprint density at radius 1 is 1.50 bits per heavy atom. The van der Waals surface area contributed by atoms with Gasteiger partial charge in [-0.1, -0.05) is 36.4 Å². The van der Waals surface area contributed by atoms with Gasteiger partial charge in [-0.15, -0.1) is 6.58 Å². The van der Waals surface area contributed by atoms with Crippen molar-refractivity contribution in [3.05, 3.63) is 48.6 Å². The Labute approximate surface area is 96.3 Å². The summed E-state index contributed by atoms with van der Waals surface area (Å²) in [5, 5.41) is 0. The summed E-state index contributed by atoms with van der Waals surface area (Å²) in [7, 11) is 1.73. The van der Waals surface area contributed by atoms with Crippen LogP contribution in [0, 0.1) is 0 Å². The van der Waals surface area contributed by atoms with E-state index >= 15 is 0 Å². The van der Waals surface area contributed by atoms with Gasteiger partial charge in [-0.25, -0.2) is 0 Å². The highest BCUT2D eigenvalue weighted by atomic mass is 16.5. The Morgan fingerprint density at radius 3 is 2.62 bits per heavy atom. The third kappa shape index (κ3) is 3.21. The second-order valence-corrected chi connectivity index (χ2v) is 3.51. The minimum absolute atomic E-state index is 0.0297. The van der Waals surface area contributed by atoms with Crippen molar-refractivity contribution < 1.29 is 9.53 Å². The lowest BCUT2D eigenvalue weighted by Gasteiger charge is -2.27. The van der Waals surface area contributed by atoms with Gasteiger partial charge >= 0.3 is 0 Å². The number of amides is 1. The first-order chi connectivity index (χ1) is 7.66. The van der Waals surface area contributed by atoms with Gasteiger partial charge in [0, 0.05) is 19.5 Å². The third-order valence-electron chi connectivity index (χ3n) is 2.31. The van der Waals surface area contributed by atoms with Crippen molar-refractivity contribution >= 4 is 5.91 Å². The Hall–Kier alpha value is -1.61. The van der Waals surface area contributed by atoms with Crippen LogP contribution in [-0.4, -0.2) is 24.5 Å². The first kappa shape index (κ1) is 12.5. The fraction of sp³-hybridized carbons (Fsp3) is 0.308. The molecule has 0 aliphatic rings. The number of hydrogen-bond donors (Lipinski definition) is 0. The number of ether oxygens (including phenoxy) is 1. The smallest absolute Gasteiger partial charge is 0.221 e. The predicted octanol–water partition coefficient (Wildman–Crippen LogP) is 2.37. The van der Waals surface area contributed by atoms with Crippen LogP contribution in [0.1, 0.15) is 18.7 Å². The summed E-state index contributed by atoms with van der Waals surface area (Å²) in [6, 6.07) is 9.66. The van der Waals surface area contributed by atoms with Crippen LogP contribution in [0.25, 0.3) is 0 Å². The predicted molar refractivity (Wildman–Crippen MR) is 63.8 cm³/mol. The second kappa shape index (κ2) is 6.08. The van der Waals surface area contributed by atoms with E-state index in [0.717, 1.165) is 5.56 Å². The maximum absolute atomic E-state index is 11.3. The highest BCUT2D eigenvalue weighted by Crippen LogP contribution is 2.20. The molecule has 3 heteroatoms. The van der Waals surface area contributed by atoms with Crippen LogP contribution in [-0.2, 0) is 9.53 Å². The van der Waals surface area contributed by atoms with E-state index in [1.165, 1.54) is 6.92 Å². The first-order valence-electron chi connectivity index (χ1n) is 5.17. The van der Waals surface area contributed by atoms with Gasteiger partial charge in [0.25, 0.3) is 0 Å². The van der Waals surface area contributed by atoms with Gasteiger partial charge in [0.05, 0.1) is 6.61 Å². The number of carbonyl (C=O) groups is 1.